The second kappa shape index (κ2) is 8.62. The van der Waals surface area contributed by atoms with Gasteiger partial charge in [0.1, 0.15) is 24.7 Å². The number of nitrogens with two attached hydrogens (primary N) is 1. The summed E-state index contributed by atoms with van der Waals surface area (Å²) >= 11 is 0. The predicted molar refractivity (Wildman–Crippen MR) is 95.6 cm³/mol. The van der Waals surface area contributed by atoms with Gasteiger partial charge in [-0.05, 0) is 57.2 Å². The Morgan fingerprint density at radius 1 is 1.00 bits per heavy atom. The molecule has 0 aliphatic carbocycles. The normalized spacial score (nSPS) is 11.2. The molecule has 25 heavy (non-hydrogen) atoms. The molecule has 134 valence electrons. The first kappa shape index (κ1) is 18.9. The van der Waals surface area contributed by atoms with Gasteiger partial charge in [-0.3, -0.25) is 4.79 Å². The molecule has 0 radical (unpaired) electrons. The fraction of sp³-hybridized carbons (Fsp3) is 0.350. The van der Waals surface area contributed by atoms with Crippen molar-refractivity contribution in [3.05, 3.63) is 65.5 Å². The van der Waals surface area contributed by atoms with Crippen molar-refractivity contribution in [3.8, 4) is 5.75 Å². The molecule has 0 spiro atoms. The van der Waals surface area contributed by atoms with Gasteiger partial charge in [-0.2, -0.15) is 0 Å². The van der Waals surface area contributed by atoms with Crippen molar-refractivity contribution in [1.29, 1.82) is 0 Å². The fourth-order valence-corrected chi connectivity index (χ4v) is 2.35. The highest BCUT2D eigenvalue weighted by Crippen LogP contribution is 2.11. The lowest BCUT2D eigenvalue weighted by Gasteiger charge is -2.20. The van der Waals surface area contributed by atoms with Crippen LogP contribution in [0.1, 0.15) is 31.9 Å². The number of carbonyl (C=O) groups excluding carboxylic acids is 1. The van der Waals surface area contributed by atoms with Crippen molar-refractivity contribution in [2.75, 3.05) is 6.61 Å². The van der Waals surface area contributed by atoms with Gasteiger partial charge in [0.05, 0.1) is 0 Å². The zero-order valence-electron chi connectivity index (χ0n) is 15.0. The van der Waals surface area contributed by atoms with Crippen LogP contribution in [0.15, 0.2) is 48.5 Å². The first-order chi connectivity index (χ1) is 11.8. The quantitative estimate of drug-likeness (QED) is 0.810. The van der Waals surface area contributed by atoms with Gasteiger partial charge in [0.25, 0.3) is 5.91 Å². The van der Waals surface area contributed by atoms with Gasteiger partial charge >= 0.3 is 0 Å². The molecule has 0 saturated carbocycles. The van der Waals surface area contributed by atoms with Crippen LogP contribution in [0, 0.1) is 5.82 Å². The van der Waals surface area contributed by atoms with Gasteiger partial charge in [-0.25, -0.2) is 4.39 Å². The van der Waals surface area contributed by atoms with Crippen LogP contribution in [0.3, 0.4) is 0 Å². The van der Waals surface area contributed by atoms with Gasteiger partial charge in [0, 0.05) is 16.7 Å². The van der Waals surface area contributed by atoms with Crippen molar-refractivity contribution in [2.24, 2.45) is 0 Å². The maximum absolute atomic E-state index is 12.9. The minimum atomic E-state index is -0.259. The number of amides is 1. The van der Waals surface area contributed by atoms with Crippen molar-refractivity contribution < 1.29 is 19.2 Å². The van der Waals surface area contributed by atoms with Gasteiger partial charge in [-0.1, -0.05) is 12.1 Å². The Kier molecular flexibility index (Phi) is 6.53. The maximum atomic E-state index is 12.9. The van der Waals surface area contributed by atoms with E-state index in [0.29, 0.717) is 5.75 Å². The Morgan fingerprint density at radius 2 is 1.52 bits per heavy atom. The van der Waals surface area contributed by atoms with Crippen LogP contribution < -0.4 is 15.4 Å². The molecule has 0 unspecified atom stereocenters. The summed E-state index contributed by atoms with van der Waals surface area (Å²) in [7, 11) is 0. The van der Waals surface area contributed by atoms with E-state index in [1.54, 1.807) is 12.1 Å². The molecule has 0 saturated heterocycles. The molecular formula is C20H26FN2O2+. The van der Waals surface area contributed by atoms with Gasteiger partial charge < -0.3 is 15.4 Å². The Balaban J connectivity index is 1.74. The summed E-state index contributed by atoms with van der Waals surface area (Å²) in [5, 5.41) is 5.01. The average Bonchev–Trinajstić information content (AvgIpc) is 2.54. The molecule has 0 aromatic heterocycles. The molecule has 0 atom stereocenters. The third kappa shape index (κ3) is 7.35. The fourth-order valence-electron chi connectivity index (χ4n) is 2.35. The average molecular weight is 345 g/mol. The Hall–Kier alpha value is -2.40. The highest BCUT2D eigenvalue weighted by molar-refractivity contribution is 5.78. The Bertz CT molecular complexity index is 676. The largest absolute Gasteiger partial charge is 0.484 e. The summed E-state index contributed by atoms with van der Waals surface area (Å²) in [6.45, 7) is 7.42. The minimum absolute atomic E-state index is 0.00725. The number of quaternary nitrogens is 1. The molecular weight excluding hydrogens is 319 g/mol. The summed E-state index contributed by atoms with van der Waals surface area (Å²) < 4.78 is 18.4. The summed E-state index contributed by atoms with van der Waals surface area (Å²) in [4.78, 5) is 11.7. The third-order valence-corrected chi connectivity index (χ3v) is 3.48. The van der Waals surface area contributed by atoms with Gasteiger partial charge in [0.2, 0.25) is 0 Å². The van der Waals surface area contributed by atoms with Gasteiger partial charge in [0.15, 0.2) is 6.61 Å². The van der Waals surface area contributed by atoms with E-state index in [4.69, 9.17) is 4.74 Å². The zero-order chi connectivity index (χ0) is 18.3. The lowest BCUT2D eigenvalue weighted by Crippen LogP contribution is -2.80. The molecule has 2 aromatic rings. The van der Waals surface area contributed by atoms with Crippen LogP contribution in [-0.4, -0.2) is 18.1 Å². The number of rotatable bonds is 7. The lowest BCUT2D eigenvalue weighted by atomic mass is 10.1. The molecule has 5 heteroatoms. The highest BCUT2D eigenvalue weighted by atomic mass is 19.1. The molecule has 0 aliphatic rings. The Labute approximate surface area is 148 Å². The molecule has 1 amide bonds. The van der Waals surface area contributed by atoms with E-state index < -0.39 is 0 Å². The van der Waals surface area contributed by atoms with Crippen LogP contribution in [0.25, 0.3) is 0 Å². The first-order valence-corrected chi connectivity index (χ1v) is 8.41. The van der Waals surface area contributed by atoms with E-state index in [0.717, 1.165) is 24.2 Å². The summed E-state index contributed by atoms with van der Waals surface area (Å²) in [6.07, 6.45) is 0. The lowest BCUT2D eigenvalue weighted by molar-refractivity contribution is -0.686. The van der Waals surface area contributed by atoms with Crippen molar-refractivity contribution in [1.82, 2.24) is 5.32 Å². The monoisotopic (exact) mass is 345 g/mol. The molecule has 0 aliphatic heterocycles. The number of ether oxygens (including phenoxy) is 1. The number of benzene rings is 2. The molecule has 0 fully saturated rings. The molecule has 3 N–H and O–H groups in total. The number of carbonyl (C=O) groups is 1. The van der Waals surface area contributed by atoms with E-state index in [1.807, 2.05) is 45.0 Å². The minimum Gasteiger partial charge on any atom is -0.484 e. The second-order valence-corrected chi connectivity index (χ2v) is 7.05. The molecule has 4 nitrogen and oxygen atoms in total. The third-order valence-electron chi connectivity index (χ3n) is 3.48. The standard InChI is InChI=1S/C20H25FN2O2/c1-20(2,3)23-19(24)14-25-18-10-6-16(7-11-18)13-22-12-15-4-8-17(21)9-5-15/h4-11,22H,12-14H2,1-3H3,(H,23,24)/p+1. The topological polar surface area (TPSA) is 54.9 Å². The number of nitrogens with one attached hydrogen (secondary N) is 1. The van der Waals surface area contributed by atoms with Crippen molar-refractivity contribution >= 4 is 5.91 Å². The smallest absolute Gasteiger partial charge is 0.258 e. The van der Waals surface area contributed by atoms with E-state index in [2.05, 4.69) is 10.6 Å². The first-order valence-electron chi connectivity index (χ1n) is 8.41. The van der Waals surface area contributed by atoms with Crippen molar-refractivity contribution in [2.45, 2.75) is 39.4 Å². The maximum Gasteiger partial charge on any atom is 0.258 e. The summed E-state index contributed by atoms with van der Waals surface area (Å²) in [5.74, 6) is 0.325. The Morgan fingerprint density at radius 3 is 2.04 bits per heavy atom. The van der Waals surface area contributed by atoms with Crippen molar-refractivity contribution in [3.63, 3.8) is 0 Å². The molecule has 0 bridgehead atoms. The van der Waals surface area contributed by atoms with E-state index in [-0.39, 0.29) is 23.9 Å². The predicted octanol–water partition coefficient (Wildman–Crippen LogP) is 2.38. The highest BCUT2D eigenvalue weighted by Gasteiger charge is 2.13. The number of hydrogen-bond acceptors (Lipinski definition) is 2. The van der Waals surface area contributed by atoms with E-state index in [1.165, 1.54) is 12.1 Å². The van der Waals surface area contributed by atoms with Crippen LogP contribution in [-0.2, 0) is 17.9 Å². The van der Waals surface area contributed by atoms with Gasteiger partial charge in [-0.15, -0.1) is 0 Å². The molecule has 0 heterocycles. The van der Waals surface area contributed by atoms with E-state index >= 15 is 0 Å². The SMILES string of the molecule is CC(C)(C)NC(=O)COc1ccc(C[NH2+]Cc2ccc(F)cc2)cc1. The van der Waals surface area contributed by atoms with Crippen LogP contribution in [0.4, 0.5) is 4.39 Å². The van der Waals surface area contributed by atoms with Crippen LogP contribution in [0.5, 0.6) is 5.75 Å². The second-order valence-electron chi connectivity index (χ2n) is 7.05. The summed E-state index contributed by atoms with van der Waals surface area (Å²) in [5.41, 5.74) is 1.99. The van der Waals surface area contributed by atoms with E-state index in [9.17, 15) is 9.18 Å². The molecule has 2 aromatic carbocycles. The molecule has 2 rings (SSSR count). The van der Waals surface area contributed by atoms with Crippen LogP contribution in [0.2, 0.25) is 0 Å². The number of hydrogen-bond donors (Lipinski definition) is 2. The zero-order valence-corrected chi connectivity index (χ0v) is 15.0. The van der Waals surface area contributed by atoms with Crippen LogP contribution >= 0.6 is 0 Å². The number of halogens is 1. The summed E-state index contributed by atoms with van der Waals surface area (Å²) in [6, 6.07) is 14.3.